The third-order valence-electron chi connectivity index (χ3n) is 5.43. The van der Waals surface area contributed by atoms with Crippen molar-refractivity contribution < 1.29 is 4.39 Å². The Morgan fingerprint density at radius 1 is 1.04 bits per heavy atom. The Hall–Kier alpha value is -2.41. The van der Waals surface area contributed by atoms with E-state index >= 15 is 0 Å². The number of halogens is 1. The molecule has 2 aliphatic rings. The summed E-state index contributed by atoms with van der Waals surface area (Å²) >= 11 is 0. The highest BCUT2D eigenvalue weighted by Crippen LogP contribution is 2.23. The van der Waals surface area contributed by atoms with Crippen LogP contribution in [-0.2, 0) is 0 Å². The molecule has 1 aromatic heterocycles. The second-order valence-electron chi connectivity index (χ2n) is 7.46. The van der Waals surface area contributed by atoms with Crippen molar-refractivity contribution in [1.82, 2.24) is 14.9 Å². The number of aromatic nitrogens is 2. The van der Waals surface area contributed by atoms with Crippen LogP contribution in [0.2, 0.25) is 0 Å². The Bertz CT molecular complexity index is 762. The maximum Gasteiger partial charge on any atom is 0.134 e. The van der Waals surface area contributed by atoms with E-state index < -0.39 is 0 Å². The molecule has 1 unspecified atom stereocenters. The van der Waals surface area contributed by atoms with E-state index in [-0.39, 0.29) is 11.9 Å². The summed E-state index contributed by atoms with van der Waals surface area (Å²) in [6, 6.07) is 9.18. The zero-order valence-corrected chi connectivity index (χ0v) is 15.8. The Morgan fingerprint density at radius 3 is 2.70 bits per heavy atom. The van der Waals surface area contributed by atoms with E-state index in [4.69, 9.17) is 0 Å². The van der Waals surface area contributed by atoms with Gasteiger partial charge in [0.2, 0.25) is 0 Å². The molecule has 0 radical (unpaired) electrons. The number of nitrogens with one attached hydrogen (secondary N) is 1. The van der Waals surface area contributed by atoms with Crippen LogP contribution in [0.3, 0.4) is 0 Å². The first-order valence-electron chi connectivity index (χ1n) is 9.70. The summed E-state index contributed by atoms with van der Waals surface area (Å²) in [5.41, 5.74) is 0.947. The molecular formula is C20H27FN6. The normalized spacial score (nSPS) is 21.3. The van der Waals surface area contributed by atoms with Gasteiger partial charge in [-0.3, -0.25) is 0 Å². The minimum atomic E-state index is -0.185. The van der Waals surface area contributed by atoms with Gasteiger partial charge in [-0.2, -0.15) is 0 Å². The highest BCUT2D eigenvalue weighted by Gasteiger charge is 2.21. The molecule has 3 heterocycles. The number of hydrogen-bond acceptors (Lipinski definition) is 6. The van der Waals surface area contributed by atoms with Crippen LogP contribution in [0.4, 0.5) is 21.7 Å². The van der Waals surface area contributed by atoms with Crippen LogP contribution in [0.15, 0.2) is 36.7 Å². The SMILES string of the molecule is CN1CCN(c2cc(NC3CCCN(c4cccc(F)c4)C3)ncn2)CC1. The van der Waals surface area contributed by atoms with Gasteiger partial charge in [-0.15, -0.1) is 0 Å². The molecule has 2 saturated heterocycles. The first kappa shape index (κ1) is 18.0. The first-order chi connectivity index (χ1) is 13.2. The molecule has 4 rings (SSSR count). The Kier molecular flexibility index (Phi) is 5.38. The van der Waals surface area contributed by atoms with Crippen LogP contribution in [-0.4, -0.2) is 67.2 Å². The molecule has 2 aromatic rings. The van der Waals surface area contributed by atoms with Gasteiger partial charge in [-0.25, -0.2) is 14.4 Å². The monoisotopic (exact) mass is 370 g/mol. The van der Waals surface area contributed by atoms with Gasteiger partial charge in [-0.05, 0) is 38.1 Å². The lowest BCUT2D eigenvalue weighted by molar-refractivity contribution is 0.312. The summed E-state index contributed by atoms with van der Waals surface area (Å²) in [6.45, 7) is 5.89. The van der Waals surface area contributed by atoms with Gasteiger partial charge < -0.3 is 20.0 Å². The van der Waals surface area contributed by atoms with E-state index in [2.05, 4.69) is 37.0 Å². The maximum absolute atomic E-state index is 13.5. The fourth-order valence-corrected chi connectivity index (χ4v) is 3.85. The summed E-state index contributed by atoms with van der Waals surface area (Å²) in [5.74, 6) is 1.67. The summed E-state index contributed by atoms with van der Waals surface area (Å²) in [5, 5.41) is 3.56. The van der Waals surface area contributed by atoms with Gasteiger partial charge in [0.25, 0.3) is 0 Å². The van der Waals surface area contributed by atoms with E-state index in [1.165, 1.54) is 6.07 Å². The zero-order chi connectivity index (χ0) is 18.6. The Labute approximate surface area is 160 Å². The lowest BCUT2D eigenvalue weighted by atomic mass is 10.0. The summed E-state index contributed by atoms with van der Waals surface area (Å²) in [7, 11) is 2.15. The fourth-order valence-electron chi connectivity index (χ4n) is 3.85. The molecular weight excluding hydrogens is 343 g/mol. The number of hydrogen-bond donors (Lipinski definition) is 1. The molecule has 2 aliphatic heterocycles. The van der Waals surface area contributed by atoms with E-state index in [1.54, 1.807) is 18.5 Å². The molecule has 7 heteroatoms. The molecule has 144 valence electrons. The van der Waals surface area contributed by atoms with Gasteiger partial charge in [-0.1, -0.05) is 6.07 Å². The molecule has 1 N–H and O–H groups in total. The van der Waals surface area contributed by atoms with Crippen LogP contribution < -0.4 is 15.1 Å². The van der Waals surface area contributed by atoms with Crippen molar-refractivity contribution in [2.75, 3.05) is 61.4 Å². The number of piperidine rings is 1. The maximum atomic E-state index is 13.5. The molecule has 0 spiro atoms. The quantitative estimate of drug-likeness (QED) is 0.892. The number of piperazine rings is 1. The molecule has 2 fully saturated rings. The number of nitrogens with zero attached hydrogens (tertiary/aromatic N) is 5. The molecule has 0 bridgehead atoms. The molecule has 27 heavy (non-hydrogen) atoms. The van der Waals surface area contributed by atoms with Crippen LogP contribution in [0.25, 0.3) is 0 Å². The molecule has 0 aliphatic carbocycles. The van der Waals surface area contributed by atoms with Crippen molar-refractivity contribution in [2.24, 2.45) is 0 Å². The van der Waals surface area contributed by atoms with Crippen molar-refractivity contribution in [3.05, 3.63) is 42.5 Å². The van der Waals surface area contributed by atoms with Crippen molar-refractivity contribution >= 4 is 17.3 Å². The van der Waals surface area contributed by atoms with Crippen LogP contribution >= 0.6 is 0 Å². The third kappa shape index (κ3) is 4.47. The van der Waals surface area contributed by atoms with Gasteiger partial charge >= 0.3 is 0 Å². The van der Waals surface area contributed by atoms with Crippen molar-refractivity contribution in [1.29, 1.82) is 0 Å². The van der Waals surface area contributed by atoms with E-state index in [1.807, 2.05) is 12.1 Å². The predicted molar refractivity (Wildman–Crippen MR) is 107 cm³/mol. The predicted octanol–water partition coefficient (Wildman–Crippen LogP) is 2.45. The molecule has 0 amide bonds. The summed E-state index contributed by atoms with van der Waals surface area (Å²) < 4.78 is 13.5. The average Bonchev–Trinajstić information content (AvgIpc) is 2.69. The van der Waals surface area contributed by atoms with Crippen LogP contribution in [0.1, 0.15) is 12.8 Å². The van der Waals surface area contributed by atoms with Gasteiger partial charge in [0, 0.05) is 57.1 Å². The van der Waals surface area contributed by atoms with Crippen LogP contribution in [0, 0.1) is 5.82 Å². The minimum Gasteiger partial charge on any atom is -0.369 e. The standard InChI is InChI=1S/C20H27FN6/c1-25-8-10-26(11-9-25)20-13-19(22-15-23-20)24-17-5-3-7-27(14-17)18-6-2-4-16(21)12-18/h2,4,6,12-13,15,17H,3,5,7-11,14H2,1H3,(H,22,23,24). The van der Waals surface area contributed by atoms with Crippen LogP contribution in [0.5, 0.6) is 0 Å². The molecule has 1 atom stereocenters. The summed E-state index contributed by atoms with van der Waals surface area (Å²) in [4.78, 5) is 15.8. The van der Waals surface area contributed by atoms with Crippen molar-refractivity contribution in [3.8, 4) is 0 Å². The Balaban J connectivity index is 1.40. The number of likely N-dealkylation sites (N-methyl/N-ethyl adjacent to an activating group) is 1. The van der Waals surface area contributed by atoms with E-state index in [0.29, 0.717) is 0 Å². The molecule has 0 saturated carbocycles. The Morgan fingerprint density at radius 2 is 1.89 bits per heavy atom. The summed E-state index contributed by atoms with van der Waals surface area (Å²) in [6.07, 6.45) is 3.80. The van der Waals surface area contributed by atoms with Crippen molar-refractivity contribution in [2.45, 2.75) is 18.9 Å². The second kappa shape index (κ2) is 8.08. The first-order valence-corrected chi connectivity index (χ1v) is 9.70. The second-order valence-corrected chi connectivity index (χ2v) is 7.46. The number of anilines is 3. The highest BCUT2D eigenvalue weighted by molar-refractivity contribution is 5.51. The smallest absolute Gasteiger partial charge is 0.134 e. The highest BCUT2D eigenvalue weighted by atomic mass is 19.1. The molecule has 1 aromatic carbocycles. The van der Waals surface area contributed by atoms with E-state index in [0.717, 1.165) is 69.4 Å². The number of benzene rings is 1. The molecule has 6 nitrogen and oxygen atoms in total. The zero-order valence-electron chi connectivity index (χ0n) is 15.8. The largest absolute Gasteiger partial charge is 0.369 e. The third-order valence-corrected chi connectivity index (χ3v) is 5.43. The van der Waals surface area contributed by atoms with Gasteiger partial charge in [0.15, 0.2) is 0 Å². The fraction of sp³-hybridized carbons (Fsp3) is 0.500. The van der Waals surface area contributed by atoms with Gasteiger partial charge in [0.05, 0.1) is 0 Å². The lowest BCUT2D eigenvalue weighted by Crippen LogP contribution is -2.45. The minimum absolute atomic E-state index is 0.185. The van der Waals surface area contributed by atoms with Gasteiger partial charge in [0.1, 0.15) is 23.8 Å². The topological polar surface area (TPSA) is 47.5 Å². The average molecular weight is 370 g/mol. The number of rotatable bonds is 4. The lowest BCUT2D eigenvalue weighted by Gasteiger charge is -2.35. The van der Waals surface area contributed by atoms with E-state index in [9.17, 15) is 4.39 Å². The van der Waals surface area contributed by atoms with Crippen molar-refractivity contribution in [3.63, 3.8) is 0 Å².